The first-order chi connectivity index (χ1) is 31.5. The number of alkyl halides is 3. The molecule has 1 aliphatic carbocycles. The third kappa shape index (κ3) is 11.8. The number of carbonyl (C=O) groups excluding carboxylic acids is 3. The predicted octanol–water partition coefficient (Wildman–Crippen LogP) is 12.0. The Kier molecular flexibility index (Phi) is 15.4. The van der Waals surface area contributed by atoms with Gasteiger partial charge in [0.1, 0.15) is 35.3 Å². The summed E-state index contributed by atoms with van der Waals surface area (Å²) in [6, 6.07) is 14.2. The predicted molar refractivity (Wildman–Crippen MR) is 252 cm³/mol. The molecule has 1 aromatic heterocycles. The fraction of sp³-hybridized carbons (Fsp3) is 0.458. The lowest BCUT2D eigenvalue weighted by Crippen LogP contribution is -2.66. The first-order valence-electron chi connectivity index (χ1n) is 21.7. The standard InChI is InChI=1S/C48H51Cl5F2N4O8/c1-46(2,3)65-44(61)57-24-31-21-34(28-10-14-32(15-11-28)64-26-33-22-38(56-67-33)41-36(54)17-18-37(55)42(41)50)40(39(25-57)59(31)45(62)66-47(4,5)48(51,52)53)43(60)58(30-12-13-30)23-29-20-27(8-7-19-63-6)9-16-35(29)49/h9-11,14-18,20,22,30-31,39H,7-8,12-13,19,21,23-26H2,1-6H3. The van der Waals surface area contributed by atoms with Gasteiger partial charge in [-0.15, -0.1) is 0 Å². The van der Waals surface area contributed by atoms with E-state index in [1.165, 1.54) is 29.7 Å². The molecule has 360 valence electrons. The summed E-state index contributed by atoms with van der Waals surface area (Å²) >= 11 is 31.8. The van der Waals surface area contributed by atoms with E-state index in [0.29, 0.717) is 28.5 Å². The van der Waals surface area contributed by atoms with E-state index in [0.717, 1.165) is 48.9 Å². The minimum Gasteiger partial charge on any atom is -0.486 e. The lowest BCUT2D eigenvalue weighted by atomic mass is 9.81. The molecule has 4 aromatic rings. The van der Waals surface area contributed by atoms with E-state index in [4.69, 9.17) is 81.5 Å². The maximum absolute atomic E-state index is 15.6. The van der Waals surface area contributed by atoms with Gasteiger partial charge >= 0.3 is 12.2 Å². The molecule has 2 aliphatic heterocycles. The van der Waals surface area contributed by atoms with Gasteiger partial charge in [0.05, 0.1) is 22.7 Å². The van der Waals surface area contributed by atoms with Crippen molar-refractivity contribution in [2.45, 2.75) is 113 Å². The molecule has 19 heteroatoms. The summed E-state index contributed by atoms with van der Waals surface area (Å²) in [6.07, 6.45) is 1.74. The van der Waals surface area contributed by atoms with Crippen LogP contribution in [0.4, 0.5) is 18.4 Å². The van der Waals surface area contributed by atoms with Crippen LogP contribution in [0.2, 0.25) is 10.0 Å². The summed E-state index contributed by atoms with van der Waals surface area (Å²) < 4.78 is 55.1. The van der Waals surface area contributed by atoms with Crippen molar-refractivity contribution in [3.8, 4) is 17.0 Å². The van der Waals surface area contributed by atoms with Crippen molar-refractivity contribution >= 4 is 81.7 Å². The average molecular weight is 1030 g/mol. The van der Waals surface area contributed by atoms with Crippen LogP contribution in [0.15, 0.2) is 70.8 Å². The van der Waals surface area contributed by atoms with Crippen LogP contribution in [0.1, 0.15) is 82.8 Å². The molecule has 0 spiro atoms. The smallest absolute Gasteiger partial charge is 0.411 e. The molecular weight excluding hydrogens is 976 g/mol. The molecule has 1 saturated heterocycles. The zero-order chi connectivity index (χ0) is 48.6. The van der Waals surface area contributed by atoms with Crippen LogP contribution in [-0.2, 0) is 38.6 Å². The molecule has 3 aliphatic rings. The molecule has 2 bridgehead atoms. The fourth-order valence-electron chi connectivity index (χ4n) is 8.12. The Labute approximate surface area is 413 Å². The van der Waals surface area contributed by atoms with Crippen molar-refractivity contribution < 1.29 is 46.6 Å². The van der Waals surface area contributed by atoms with Crippen molar-refractivity contribution in [3.63, 3.8) is 0 Å². The number of ether oxygens (including phenoxy) is 4. The van der Waals surface area contributed by atoms with Crippen LogP contribution in [0.25, 0.3) is 16.8 Å². The molecule has 2 unspecified atom stereocenters. The van der Waals surface area contributed by atoms with Gasteiger partial charge in [0, 0.05) is 56.1 Å². The van der Waals surface area contributed by atoms with Crippen LogP contribution in [0.3, 0.4) is 0 Å². The van der Waals surface area contributed by atoms with Crippen LogP contribution in [-0.4, -0.2) is 97.9 Å². The Morgan fingerprint density at radius 3 is 2.25 bits per heavy atom. The van der Waals surface area contributed by atoms with Crippen molar-refractivity contribution in [3.05, 3.63) is 110 Å². The number of hydrogen-bond acceptors (Lipinski definition) is 9. The fourth-order valence-corrected chi connectivity index (χ4v) is 8.66. The molecule has 3 aromatic carbocycles. The van der Waals surface area contributed by atoms with E-state index in [-0.39, 0.29) is 67.2 Å². The van der Waals surface area contributed by atoms with E-state index in [1.807, 2.05) is 18.2 Å². The van der Waals surface area contributed by atoms with E-state index in [1.54, 1.807) is 57.0 Å². The monoisotopic (exact) mass is 1020 g/mol. The molecular formula is C48H51Cl5F2N4O8. The van der Waals surface area contributed by atoms with Gasteiger partial charge in [-0.1, -0.05) is 87.4 Å². The van der Waals surface area contributed by atoms with E-state index >= 15 is 4.79 Å². The zero-order valence-electron chi connectivity index (χ0n) is 37.8. The van der Waals surface area contributed by atoms with Crippen LogP contribution >= 0.6 is 58.0 Å². The summed E-state index contributed by atoms with van der Waals surface area (Å²) in [5.74, 6) is -1.28. The molecule has 1 saturated carbocycles. The van der Waals surface area contributed by atoms with Gasteiger partial charge in [0.2, 0.25) is 3.79 Å². The average Bonchev–Trinajstić information content (AvgIpc) is 3.99. The van der Waals surface area contributed by atoms with E-state index in [2.05, 4.69) is 5.16 Å². The second-order valence-corrected chi connectivity index (χ2v) is 21.4. The van der Waals surface area contributed by atoms with Gasteiger partial charge < -0.3 is 33.3 Å². The lowest BCUT2D eigenvalue weighted by Gasteiger charge is -2.51. The zero-order valence-corrected chi connectivity index (χ0v) is 41.6. The molecule has 0 radical (unpaired) electrons. The lowest BCUT2D eigenvalue weighted by molar-refractivity contribution is -0.129. The number of aryl methyl sites for hydroxylation is 1. The van der Waals surface area contributed by atoms with Gasteiger partial charge in [0.15, 0.2) is 11.4 Å². The molecule has 3 amide bonds. The van der Waals surface area contributed by atoms with Crippen molar-refractivity contribution in [2.24, 2.45) is 0 Å². The molecule has 2 atom stereocenters. The number of aromatic nitrogens is 1. The van der Waals surface area contributed by atoms with Crippen LogP contribution in [0, 0.1) is 11.6 Å². The number of rotatable bonds is 14. The third-order valence-electron chi connectivity index (χ3n) is 11.7. The topological polar surface area (TPSA) is 124 Å². The normalized spacial score (nSPS) is 17.7. The maximum atomic E-state index is 15.6. The Morgan fingerprint density at radius 1 is 0.896 bits per heavy atom. The number of amides is 3. The van der Waals surface area contributed by atoms with Gasteiger partial charge in [0.25, 0.3) is 5.91 Å². The third-order valence-corrected chi connectivity index (χ3v) is 13.8. The summed E-state index contributed by atoms with van der Waals surface area (Å²) in [5.41, 5.74) is 0.734. The molecule has 0 N–H and O–H groups in total. The highest BCUT2D eigenvalue weighted by molar-refractivity contribution is 6.68. The van der Waals surface area contributed by atoms with Gasteiger partial charge in [-0.25, -0.2) is 18.4 Å². The Morgan fingerprint density at radius 2 is 1.60 bits per heavy atom. The number of benzene rings is 3. The number of halogens is 7. The van der Waals surface area contributed by atoms with Crippen LogP contribution < -0.4 is 4.74 Å². The second-order valence-electron chi connectivity index (χ2n) is 18.3. The first-order valence-corrected chi connectivity index (χ1v) is 23.6. The second kappa shape index (κ2) is 20.3. The molecule has 3 heterocycles. The number of fused-ring (bicyclic) bond motifs is 2. The Bertz CT molecular complexity index is 2520. The summed E-state index contributed by atoms with van der Waals surface area (Å²) in [6.45, 7) is 8.82. The van der Waals surface area contributed by atoms with Gasteiger partial charge in [-0.3, -0.25) is 9.69 Å². The maximum Gasteiger partial charge on any atom is 0.411 e. The quantitative estimate of drug-likeness (QED) is 0.0690. The summed E-state index contributed by atoms with van der Waals surface area (Å²) in [5, 5.41) is 3.94. The first kappa shape index (κ1) is 50.6. The SMILES string of the molecule is COCCCc1ccc(Cl)c(CN(C(=O)C2=C(c3ccc(OCc4cc(-c5c(F)ccc(F)c5Cl)no4)cc3)CC3CN(C(=O)OC(C)(C)C)CC2N3C(=O)OC(C)(C)C(Cl)(Cl)Cl)C2CC2)c1. The number of piperazine rings is 1. The number of hydrogen-bond donors (Lipinski definition) is 0. The minimum absolute atomic E-state index is 0.000704. The Balaban J connectivity index is 1.26. The molecule has 12 nitrogen and oxygen atoms in total. The summed E-state index contributed by atoms with van der Waals surface area (Å²) in [4.78, 5) is 48.7. The highest BCUT2D eigenvalue weighted by Crippen LogP contribution is 2.45. The highest BCUT2D eigenvalue weighted by atomic mass is 35.6. The van der Waals surface area contributed by atoms with Gasteiger partial charge in [-0.2, -0.15) is 0 Å². The minimum atomic E-state index is -2.01. The molecule has 2 fully saturated rings. The van der Waals surface area contributed by atoms with Crippen molar-refractivity contribution in [1.29, 1.82) is 0 Å². The largest absolute Gasteiger partial charge is 0.486 e. The number of nitrogens with zero attached hydrogens (tertiary/aromatic N) is 4. The van der Waals surface area contributed by atoms with Gasteiger partial charge in [-0.05, 0) is 119 Å². The Hall–Kier alpha value is -4.31. The number of carbonyl (C=O) groups is 3. The molecule has 7 rings (SSSR count). The summed E-state index contributed by atoms with van der Waals surface area (Å²) in [7, 11) is 1.65. The van der Waals surface area contributed by atoms with E-state index in [9.17, 15) is 18.4 Å². The highest BCUT2D eigenvalue weighted by Gasteiger charge is 2.53. The van der Waals surface area contributed by atoms with Crippen molar-refractivity contribution in [2.75, 3.05) is 26.8 Å². The van der Waals surface area contributed by atoms with Crippen LogP contribution in [0.5, 0.6) is 5.75 Å². The number of methoxy groups -OCH3 is 1. The molecule has 67 heavy (non-hydrogen) atoms. The van der Waals surface area contributed by atoms with E-state index < -0.39 is 55.9 Å². The van der Waals surface area contributed by atoms with Crippen molar-refractivity contribution in [1.82, 2.24) is 19.9 Å².